The van der Waals surface area contributed by atoms with Crippen LogP contribution in [-0.4, -0.2) is 85.5 Å². The van der Waals surface area contributed by atoms with E-state index >= 15 is 0 Å². The fourth-order valence-electron chi connectivity index (χ4n) is 1.44. The van der Waals surface area contributed by atoms with Crippen LogP contribution in [0.1, 0.15) is 0 Å². The second-order valence-corrected chi connectivity index (χ2v) is 4.49. The molecule has 0 saturated carbocycles. The predicted molar refractivity (Wildman–Crippen MR) is 67.0 cm³/mol. The normalized spacial score (nSPS) is 9.65. The van der Waals surface area contributed by atoms with Crippen LogP contribution in [-0.2, 0) is 24.0 Å². The van der Waals surface area contributed by atoms with E-state index in [1.165, 1.54) is 0 Å². The average Bonchev–Trinajstić information content (AvgIpc) is 2.42. The Morgan fingerprint density at radius 1 is 0.577 bits per heavy atom. The van der Waals surface area contributed by atoms with Crippen LogP contribution in [0.5, 0.6) is 0 Å². The Balaban J connectivity index is -0.000000772. The van der Waals surface area contributed by atoms with Gasteiger partial charge in [-0.05, 0) is 0 Å². The summed E-state index contributed by atoms with van der Waals surface area (Å²) in [5.41, 5.74) is 4.51. The van der Waals surface area contributed by atoms with Crippen LogP contribution in [0.3, 0.4) is 0 Å². The van der Waals surface area contributed by atoms with Crippen LogP contribution in [0, 0.1) is 0 Å². The van der Waals surface area contributed by atoms with Crippen molar-refractivity contribution in [2.45, 2.75) is 0 Å². The Morgan fingerprint density at radius 3 is 0.885 bits per heavy atom. The van der Waals surface area contributed by atoms with Gasteiger partial charge in [-0.15, -0.1) is 0 Å². The molecule has 13 nitrogen and oxygen atoms in total. The Hall–Kier alpha value is -1.77. The third-order valence-corrected chi connectivity index (χ3v) is 2.31. The first kappa shape index (κ1) is 29.0. The van der Waals surface area contributed by atoms with E-state index in [2.05, 4.69) is 5.73 Å². The molecular weight excluding hydrogens is 369 g/mol. The van der Waals surface area contributed by atoms with Crippen LogP contribution in [0.2, 0.25) is 0 Å². The number of carboxylic acids is 5. The van der Waals surface area contributed by atoms with Gasteiger partial charge in [0.2, 0.25) is 0 Å². The van der Waals surface area contributed by atoms with E-state index in [-0.39, 0.29) is 49.2 Å². The maximum absolute atomic E-state index is 10.4. The van der Waals surface area contributed by atoms with E-state index in [1.807, 2.05) is 0 Å². The second kappa shape index (κ2) is 16.7. The molecule has 0 spiro atoms. The number of nitrogens with zero attached hydrogens (tertiary/aromatic N) is 2. The number of hydrogen-bond acceptors (Lipinski definition) is 13. The van der Waals surface area contributed by atoms with Gasteiger partial charge in [-0.1, -0.05) is 0 Å². The molecule has 0 aliphatic heterocycles. The SMILES string of the molecule is NCC(=O)[O-].O=C([O-])CN(CCN(CC(=O)[O-])CC(=O)[O-])CC(=O)[O-].[Na+]. The Labute approximate surface area is 170 Å². The molecule has 0 atom stereocenters. The van der Waals surface area contributed by atoms with Crippen molar-refractivity contribution in [1.82, 2.24) is 9.80 Å². The molecule has 0 saturated heterocycles. The van der Waals surface area contributed by atoms with Gasteiger partial charge in [0.25, 0.3) is 0 Å². The minimum absolute atomic E-state index is 0. The largest absolute Gasteiger partial charge is 1.00 e. The van der Waals surface area contributed by atoms with Gasteiger partial charge < -0.3 is 55.2 Å². The first-order valence-electron chi connectivity index (χ1n) is 6.61. The minimum Gasteiger partial charge on any atom is -0.549 e. The van der Waals surface area contributed by atoms with E-state index in [0.717, 1.165) is 9.80 Å². The summed E-state index contributed by atoms with van der Waals surface area (Å²) in [6.45, 7) is -3.64. The fraction of sp³-hybridized carbons (Fsp3) is 0.583. The molecule has 0 heterocycles. The molecule has 0 radical (unpaired) electrons. The predicted octanol–water partition coefficient (Wildman–Crippen LogP) is -12.7. The molecule has 0 bridgehead atoms. The zero-order chi connectivity index (χ0) is 20.0. The molecular formula is C12H16N3NaO10-4. The van der Waals surface area contributed by atoms with Gasteiger partial charge in [0.1, 0.15) is 0 Å². The van der Waals surface area contributed by atoms with Crippen LogP contribution in [0.15, 0.2) is 0 Å². The summed E-state index contributed by atoms with van der Waals surface area (Å²) in [4.78, 5) is 52.6. The van der Waals surface area contributed by atoms with Crippen molar-refractivity contribution >= 4 is 29.8 Å². The van der Waals surface area contributed by atoms with Crippen molar-refractivity contribution < 1.29 is 79.1 Å². The third-order valence-electron chi connectivity index (χ3n) is 2.31. The van der Waals surface area contributed by atoms with Gasteiger partial charge in [-0.2, -0.15) is 0 Å². The standard InChI is InChI=1S/C10H16N2O8.C2H5NO2.Na/c13-7(14)3-11(4-8(15)16)1-2-12(5-9(17)18)6-10(19)20;3-1-2(4)5;/h1-6H2,(H,13,14)(H,15,16)(H,17,18)(H,19,20);1,3H2,(H,4,5);/q;;+1/p-5. The molecule has 2 N–H and O–H groups in total. The van der Waals surface area contributed by atoms with E-state index < -0.39 is 56.0 Å². The smallest absolute Gasteiger partial charge is 0.549 e. The molecule has 14 heteroatoms. The zero-order valence-electron chi connectivity index (χ0n) is 14.0. The average molecular weight is 385 g/mol. The molecule has 0 aromatic carbocycles. The molecule has 144 valence electrons. The zero-order valence-corrected chi connectivity index (χ0v) is 16.0. The van der Waals surface area contributed by atoms with Crippen molar-refractivity contribution in [3.05, 3.63) is 0 Å². The summed E-state index contributed by atoms with van der Waals surface area (Å²) in [6.07, 6.45) is 0. The van der Waals surface area contributed by atoms with Gasteiger partial charge in [-0.3, -0.25) is 9.80 Å². The number of carboxylic acid groups (broad SMARTS) is 5. The topological polar surface area (TPSA) is 233 Å². The molecule has 26 heavy (non-hydrogen) atoms. The number of carbonyl (C=O) groups is 5. The summed E-state index contributed by atoms with van der Waals surface area (Å²) in [5.74, 6) is -7.34. The van der Waals surface area contributed by atoms with Gasteiger partial charge in [0, 0.05) is 45.8 Å². The molecule has 0 aromatic rings. The Morgan fingerprint density at radius 2 is 0.769 bits per heavy atom. The molecule has 0 aliphatic carbocycles. The van der Waals surface area contributed by atoms with Crippen molar-refractivity contribution in [1.29, 1.82) is 0 Å². The maximum Gasteiger partial charge on any atom is 1.00 e. The van der Waals surface area contributed by atoms with E-state index in [0.29, 0.717) is 0 Å². The van der Waals surface area contributed by atoms with E-state index in [1.54, 1.807) is 0 Å². The monoisotopic (exact) mass is 385 g/mol. The second-order valence-electron chi connectivity index (χ2n) is 4.49. The van der Waals surface area contributed by atoms with Crippen molar-refractivity contribution in [3.63, 3.8) is 0 Å². The van der Waals surface area contributed by atoms with Gasteiger partial charge in [-0.25, -0.2) is 0 Å². The maximum atomic E-state index is 10.4. The Bertz CT molecular complexity index is 420. The number of rotatable bonds is 12. The molecule has 0 unspecified atom stereocenters. The number of aliphatic carboxylic acids is 5. The summed E-state index contributed by atoms with van der Waals surface area (Å²) >= 11 is 0. The van der Waals surface area contributed by atoms with Crippen LogP contribution in [0.4, 0.5) is 0 Å². The molecule has 0 amide bonds. The molecule has 0 rings (SSSR count). The van der Waals surface area contributed by atoms with Crippen molar-refractivity contribution in [3.8, 4) is 0 Å². The van der Waals surface area contributed by atoms with Crippen molar-refractivity contribution in [2.24, 2.45) is 5.73 Å². The van der Waals surface area contributed by atoms with Crippen LogP contribution < -0.4 is 60.8 Å². The van der Waals surface area contributed by atoms with E-state index in [9.17, 15) is 39.6 Å². The summed E-state index contributed by atoms with van der Waals surface area (Å²) in [5, 5.41) is 50.7. The number of nitrogens with two attached hydrogens (primary N) is 1. The quantitative estimate of drug-likeness (QED) is 0.307. The van der Waals surface area contributed by atoms with Crippen LogP contribution in [0.25, 0.3) is 0 Å². The van der Waals surface area contributed by atoms with Gasteiger partial charge in [0.15, 0.2) is 0 Å². The molecule has 0 aliphatic rings. The first-order valence-corrected chi connectivity index (χ1v) is 6.61. The molecule has 0 aromatic heterocycles. The third kappa shape index (κ3) is 22.2. The van der Waals surface area contributed by atoms with Gasteiger partial charge in [0.05, 0.1) is 29.8 Å². The first-order chi connectivity index (χ1) is 11.5. The van der Waals surface area contributed by atoms with Gasteiger partial charge >= 0.3 is 29.6 Å². The fourth-order valence-corrected chi connectivity index (χ4v) is 1.44. The Kier molecular flexibility index (Phi) is 18.6. The molecule has 0 fully saturated rings. The summed E-state index contributed by atoms with van der Waals surface area (Å²) in [7, 11) is 0. The summed E-state index contributed by atoms with van der Waals surface area (Å²) in [6, 6.07) is 0. The number of carbonyl (C=O) groups excluding carboxylic acids is 5. The van der Waals surface area contributed by atoms with Crippen molar-refractivity contribution in [2.75, 3.05) is 45.8 Å². The van der Waals surface area contributed by atoms with E-state index in [4.69, 9.17) is 9.90 Å². The minimum atomic E-state index is -1.53. The summed E-state index contributed by atoms with van der Waals surface area (Å²) < 4.78 is 0. The van der Waals surface area contributed by atoms with Crippen LogP contribution >= 0.6 is 0 Å². The number of hydrogen-bond donors (Lipinski definition) is 1.